The molecule has 0 saturated heterocycles. The van der Waals surface area contributed by atoms with E-state index in [2.05, 4.69) is 30.9 Å². The van der Waals surface area contributed by atoms with E-state index in [4.69, 9.17) is 5.73 Å². The number of fused-ring (bicyclic) bond motifs is 1. The number of nitrogens with zero attached hydrogens (tertiary/aromatic N) is 1. The Kier molecular flexibility index (Phi) is 5.00. The number of primary amides is 1. The molecule has 0 bridgehead atoms. The Balaban J connectivity index is 1.54. The molecule has 2 aliphatic rings. The van der Waals surface area contributed by atoms with Gasteiger partial charge in [0.05, 0.1) is 5.56 Å². The van der Waals surface area contributed by atoms with Crippen molar-refractivity contribution in [1.82, 2.24) is 4.90 Å². The third kappa shape index (κ3) is 3.70. The first-order valence-electron chi connectivity index (χ1n) is 10.3. The topological polar surface area (TPSA) is 46.3 Å². The van der Waals surface area contributed by atoms with E-state index in [1.54, 1.807) is 12.1 Å². The van der Waals surface area contributed by atoms with Crippen LogP contribution in [0.1, 0.15) is 61.0 Å². The Morgan fingerprint density at radius 2 is 1.89 bits per heavy atom. The summed E-state index contributed by atoms with van der Waals surface area (Å²) >= 11 is 0. The predicted octanol–water partition coefficient (Wildman–Crippen LogP) is 4.92. The van der Waals surface area contributed by atoms with E-state index in [1.807, 2.05) is 6.07 Å². The first kappa shape index (κ1) is 19.1. The standard InChI is InChI=1S/C24H29FN2O/c1-24(2)11-8-19(9-12-24)27-13-10-16-14-17(6-7-18(16)15-27)20-4-3-5-21(22(20)25)23(26)28/h3-7,14,19H,8-13,15H2,1-2H3,(H2,26,28). The van der Waals surface area contributed by atoms with Gasteiger partial charge in [-0.1, -0.05) is 44.2 Å². The Bertz CT molecular complexity index is 895. The lowest BCUT2D eigenvalue weighted by Crippen LogP contribution is -2.42. The van der Waals surface area contributed by atoms with Crippen molar-refractivity contribution in [2.75, 3.05) is 6.54 Å². The minimum Gasteiger partial charge on any atom is -0.366 e. The van der Waals surface area contributed by atoms with Gasteiger partial charge in [0.2, 0.25) is 0 Å². The summed E-state index contributed by atoms with van der Waals surface area (Å²) in [7, 11) is 0. The summed E-state index contributed by atoms with van der Waals surface area (Å²) in [6.07, 6.45) is 6.15. The zero-order valence-electron chi connectivity index (χ0n) is 16.8. The minimum absolute atomic E-state index is 0.0541. The second kappa shape index (κ2) is 7.32. The number of rotatable bonds is 3. The Morgan fingerprint density at radius 1 is 1.14 bits per heavy atom. The molecular formula is C24H29FN2O. The number of halogens is 1. The number of nitrogens with two attached hydrogens (primary N) is 1. The molecular weight excluding hydrogens is 351 g/mol. The second-order valence-electron chi connectivity index (χ2n) is 9.13. The van der Waals surface area contributed by atoms with Gasteiger partial charge in [-0.15, -0.1) is 0 Å². The monoisotopic (exact) mass is 380 g/mol. The van der Waals surface area contributed by atoms with Gasteiger partial charge in [0.25, 0.3) is 5.91 Å². The second-order valence-corrected chi connectivity index (χ2v) is 9.13. The van der Waals surface area contributed by atoms with Crippen molar-refractivity contribution in [2.45, 2.75) is 58.5 Å². The summed E-state index contributed by atoms with van der Waals surface area (Å²) in [4.78, 5) is 14.1. The highest BCUT2D eigenvalue weighted by Crippen LogP contribution is 2.38. The van der Waals surface area contributed by atoms with E-state index in [-0.39, 0.29) is 5.56 Å². The Morgan fingerprint density at radius 3 is 2.61 bits per heavy atom. The van der Waals surface area contributed by atoms with Crippen LogP contribution in [0.3, 0.4) is 0 Å². The number of carbonyl (C=O) groups is 1. The molecule has 2 aromatic carbocycles. The van der Waals surface area contributed by atoms with Gasteiger partial charge >= 0.3 is 0 Å². The maximum atomic E-state index is 14.7. The first-order valence-corrected chi connectivity index (χ1v) is 10.3. The van der Waals surface area contributed by atoms with Gasteiger partial charge in [0.15, 0.2) is 0 Å². The van der Waals surface area contributed by atoms with Crippen LogP contribution in [0.4, 0.5) is 4.39 Å². The van der Waals surface area contributed by atoms with Gasteiger partial charge in [-0.25, -0.2) is 4.39 Å². The smallest absolute Gasteiger partial charge is 0.251 e. The van der Waals surface area contributed by atoms with Crippen molar-refractivity contribution < 1.29 is 9.18 Å². The van der Waals surface area contributed by atoms with Crippen LogP contribution < -0.4 is 5.73 Å². The maximum absolute atomic E-state index is 14.7. The zero-order chi connectivity index (χ0) is 19.9. The van der Waals surface area contributed by atoms with Crippen LogP contribution in [0.25, 0.3) is 11.1 Å². The number of hydrogen-bond acceptors (Lipinski definition) is 2. The molecule has 0 unspecified atom stereocenters. The summed E-state index contributed by atoms with van der Waals surface area (Å²) in [5.74, 6) is -1.26. The summed E-state index contributed by atoms with van der Waals surface area (Å²) in [5.41, 5.74) is 9.60. The Labute approximate surface area is 166 Å². The molecule has 28 heavy (non-hydrogen) atoms. The molecule has 0 radical (unpaired) electrons. The molecule has 4 rings (SSSR count). The van der Waals surface area contributed by atoms with Crippen molar-refractivity contribution >= 4 is 5.91 Å². The molecule has 1 heterocycles. The number of benzene rings is 2. The highest BCUT2D eigenvalue weighted by molar-refractivity contribution is 5.94. The zero-order valence-corrected chi connectivity index (χ0v) is 16.8. The van der Waals surface area contributed by atoms with E-state index >= 15 is 0 Å². The highest BCUT2D eigenvalue weighted by Gasteiger charge is 2.31. The SMILES string of the molecule is CC1(C)CCC(N2CCc3cc(-c4cccc(C(N)=O)c4F)ccc3C2)CC1. The van der Waals surface area contributed by atoms with Gasteiger partial charge in [0, 0.05) is 24.7 Å². The number of amides is 1. The van der Waals surface area contributed by atoms with Crippen LogP contribution in [0.2, 0.25) is 0 Å². The Hall–Kier alpha value is -2.20. The summed E-state index contributed by atoms with van der Waals surface area (Å²) in [6.45, 7) is 6.79. The van der Waals surface area contributed by atoms with Crippen molar-refractivity contribution in [3.05, 3.63) is 58.9 Å². The fourth-order valence-corrected chi connectivity index (χ4v) is 4.75. The van der Waals surface area contributed by atoms with E-state index < -0.39 is 11.7 Å². The molecule has 1 aliphatic heterocycles. The fourth-order valence-electron chi connectivity index (χ4n) is 4.75. The molecule has 1 saturated carbocycles. The quantitative estimate of drug-likeness (QED) is 0.822. The lowest BCUT2D eigenvalue weighted by molar-refractivity contribution is 0.0966. The molecule has 4 heteroatoms. The van der Waals surface area contributed by atoms with Crippen molar-refractivity contribution in [3.8, 4) is 11.1 Å². The van der Waals surface area contributed by atoms with Gasteiger partial charge in [-0.2, -0.15) is 0 Å². The van der Waals surface area contributed by atoms with E-state index in [0.717, 1.165) is 25.1 Å². The van der Waals surface area contributed by atoms with E-state index in [1.165, 1.54) is 42.9 Å². The molecule has 1 fully saturated rings. The average molecular weight is 381 g/mol. The molecule has 0 aromatic heterocycles. The van der Waals surface area contributed by atoms with Crippen molar-refractivity contribution in [1.29, 1.82) is 0 Å². The molecule has 0 spiro atoms. The first-order chi connectivity index (χ1) is 13.3. The van der Waals surface area contributed by atoms with Crippen LogP contribution in [-0.4, -0.2) is 23.4 Å². The minimum atomic E-state index is -0.733. The normalized spacial score (nSPS) is 20.0. The van der Waals surface area contributed by atoms with E-state index in [9.17, 15) is 9.18 Å². The molecule has 2 N–H and O–H groups in total. The molecule has 1 amide bonds. The van der Waals surface area contributed by atoms with Gasteiger partial charge in [0.1, 0.15) is 5.82 Å². The van der Waals surface area contributed by atoms with Crippen molar-refractivity contribution in [2.24, 2.45) is 11.1 Å². The predicted molar refractivity (Wildman–Crippen MR) is 111 cm³/mol. The van der Waals surface area contributed by atoms with Crippen LogP contribution in [0.15, 0.2) is 36.4 Å². The van der Waals surface area contributed by atoms with Crippen LogP contribution in [-0.2, 0) is 13.0 Å². The largest absolute Gasteiger partial charge is 0.366 e. The average Bonchev–Trinajstić information content (AvgIpc) is 2.67. The number of carbonyl (C=O) groups excluding carboxylic acids is 1. The lowest BCUT2D eigenvalue weighted by Gasteiger charge is -2.42. The van der Waals surface area contributed by atoms with Gasteiger partial charge < -0.3 is 5.73 Å². The summed E-state index contributed by atoms with van der Waals surface area (Å²) < 4.78 is 14.7. The third-order valence-corrected chi connectivity index (χ3v) is 6.65. The van der Waals surface area contributed by atoms with E-state index in [0.29, 0.717) is 17.0 Å². The molecule has 3 nitrogen and oxygen atoms in total. The lowest BCUT2D eigenvalue weighted by atomic mass is 9.75. The summed E-state index contributed by atoms with van der Waals surface area (Å²) in [6, 6.07) is 11.7. The summed E-state index contributed by atoms with van der Waals surface area (Å²) in [5, 5.41) is 0. The third-order valence-electron chi connectivity index (χ3n) is 6.65. The molecule has 148 valence electrons. The molecule has 1 aliphatic carbocycles. The number of hydrogen-bond donors (Lipinski definition) is 1. The van der Waals surface area contributed by atoms with Crippen LogP contribution >= 0.6 is 0 Å². The van der Waals surface area contributed by atoms with Gasteiger partial charge in [-0.05, 0) is 60.3 Å². The van der Waals surface area contributed by atoms with Crippen LogP contribution in [0, 0.1) is 11.2 Å². The highest BCUT2D eigenvalue weighted by atomic mass is 19.1. The molecule has 0 atom stereocenters. The fraction of sp³-hybridized carbons (Fsp3) is 0.458. The van der Waals surface area contributed by atoms with Gasteiger partial charge in [-0.3, -0.25) is 9.69 Å². The van der Waals surface area contributed by atoms with Crippen LogP contribution in [0.5, 0.6) is 0 Å². The van der Waals surface area contributed by atoms with Crippen molar-refractivity contribution in [3.63, 3.8) is 0 Å². The molecule has 2 aromatic rings. The maximum Gasteiger partial charge on any atom is 0.251 e.